The molecule has 0 saturated heterocycles. The maximum absolute atomic E-state index is 11.0. The molecular weight excluding hydrogens is 236 g/mol. The zero-order valence-electron chi connectivity index (χ0n) is 8.83. The smallest absolute Gasteiger partial charge is 0.267 e. The third-order valence-corrected chi connectivity index (χ3v) is 3.02. The van der Waals surface area contributed by atoms with Crippen LogP contribution in [0.3, 0.4) is 0 Å². The predicted octanol–water partition coefficient (Wildman–Crippen LogP) is 2.04. The van der Waals surface area contributed by atoms with Gasteiger partial charge in [-0.3, -0.25) is 9.78 Å². The lowest BCUT2D eigenvalue weighted by Gasteiger charge is -2.03. The molecule has 0 aliphatic rings. The molecule has 17 heavy (non-hydrogen) atoms. The molecule has 0 radical (unpaired) electrons. The van der Waals surface area contributed by atoms with Crippen molar-refractivity contribution in [2.75, 3.05) is 0 Å². The summed E-state index contributed by atoms with van der Waals surface area (Å²) < 4.78 is 0. The lowest BCUT2D eigenvalue weighted by Crippen LogP contribution is -2.12. The van der Waals surface area contributed by atoms with Crippen LogP contribution < -0.4 is 5.73 Å². The Balaban J connectivity index is 2.24. The molecule has 1 aromatic heterocycles. The molecule has 0 bridgehead atoms. The van der Waals surface area contributed by atoms with Crippen LogP contribution >= 0.6 is 11.8 Å². The molecule has 0 spiro atoms. The summed E-state index contributed by atoms with van der Waals surface area (Å²) in [6.07, 6.45) is 1.53. The number of hydrogen-bond donors (Lipinski definition) is 2. The van der Waals surface area contributed by atoms with Crippen molar-refractivity contribution in [3.8, 4) is 5.75 Å². The number of phenols is 1. The molecule has 86 valence electrons. The molecule has 0 unspecified atom stereocenters. The normalized spacial score (nSPS) is 10.1. The van der Waals surface area contributed by atoms with Crippen LogP contribution in [0, 0.1) is 0 Å². The van der Waals surface area contributed by atoms with E-state index in [-0.39, 0.29) is 11.4 Å². The van der Waals surface area contributed by atoms with Crippen LogP contribution in [0.25, 0.3) is 0 Å². The SMILES string of the molecule is NC(=O)c1cc(Sc2cccc(O)c2)ccn1. The molecule has 1 heterocycles. The van der Waals surface area contributed by atoms with Crippen LogP contribution in [0.2, 0.25) is 0 Å². The summed E-state index contributed by atoms with van der Waals surface area (Å²) in [6, 6.07) is 10.3. The van der Waals surface area contributed by atoms with Crippen molar-refractivity contribution in [3.05, 3.63) is 48.3 Å². The van der Waals surface area contributed by atoms with Gasteiger partial charge in [0.1, 0.15) is 11.4 Å². The minimum absolute atomic E-state index is 0.208. The van der Waals surface area contributed by atoms with Crippen LogP contribution in [0.15, 0.2) is 52.4 Å². The Morgan fingerprint density at radius 2 is 2.00 bits per heavy atom. The average molecular weight is 246 g/mol. The zero-order valence-corrected chi connectivity index (χ0v) is 9.65. The van der Waals surface area contributed by atoms with Gasteiger partial charge in [0, 0.05) is 16.0 Å². The van der Waals surface area contributed by atoms with Crippen LogP contribution in [0.4, 0.5) is 0 Å². The lowest BCUT2D eigenvalue weighted by molar-refractivity contribution is 0.0995. The van der Waals surface area contributed by atoms with E-state index >= 15 is 0 Å². The molecule has 0 aliphatic heterocycles. The van der Waals surface area contributed by atoms with Gasteiger partial charge >= 0.3 is 0 Å². The number of carbonyl (C=O) groups is 1. The fraction of sp³-hybridized carbons (Fsp3) is 0. The Morgan fingerprint density at radius 3 is 2.71 bits per heavy atom. The highest BCUT2D eigenvalue weighted by molar-refractivity contribution is 7.99. The quantitative estimate of drug-likeness (QED) is 0.868. The van der Waals surface area contributed by atoms with Gasteiger partial charge in [-0.2, -0.15) is 0 Å². The molecule has 0 atom stereocenters. The molecule has 0 aliphatic carbocycles. The number of carbonyl (C=O) groups excluding carboxylic acids is 1. The summed E-state index contributed by atoms with van der Waals surface area (Å²) in [7, 11) is 0. The number of rotatable bonds is 3. The number of aromatic hydroxyl groups is 1. The molecule has 2 aromatic rings. The minimum Gasteiger partial charge on any atom is -0.508 e. The first-order chi connectivity index (χ1) is 8.15. The van der Waals surface area contributed by atoms with E-state index in [2.05, 4.69) is 4.98 Å². The van der Waals surface area contributed by atoms with E-state index in [1.807, 2.05) is 6.07 Å². The van der Waals surface area contributed by atoms with Crippen LogP contribution in [0.1, 0.15) is 10.5 Å². The number of amides is 1. The van der Waals surface area contributed by atoms with Gasteiger partial charge in [0.2, 0.25) is 0 Å². The van der Waals surface area contributed by atoms with E-state index < -0.39 is 5.91 Å². The number of nitrogens with zero attached hydrogens (tertiary/aromatic N) is 1. The van der Waals surface area contributed by atoms with E-state index in [1.165, 1.54) is 18.0 Å². The summed E-state index contributed by atoms with van der Waals surface area (Å²) >= 11 is 1.43. The number of aromatic nitrogens is 1. The van der Waals surface area contributed by atoms with E-state index in [1.54, 1.807) is 30.3 Å². The van der Waals surface area contributed by atoms with Gasteiger partial charge in [-0.25, -0.2) is 0 Å². The maximum Gasteiger partial charge on any atom is 0.267 e. The predicted molar refractivity (Wildman–Crippen MR) is 65.0 cm³/mol. The second kappa shape index (κ2) is 4.88. The number of hydrogen-bond acceptors (Lipinski definition) is 4. The number of nitrogens with two attached hydrogens (primary N) is 1. The van der Waals surface area contributed by atoms with Crippen LogP contribution in [-0.4, -0.2) is 16.0 Å². The first-order valence-corrected chi connectivity index (χ1v) is 5.69. The van der Waals surface area contributed by atoms with Crippen molar-refractivity contribution < 1.29 is 9.90 Å². The van der Waals surface area contributed by atoms with Gasteiger partial charge < -0.3 is 10.8 Å². The number of phenolic OH excluding ortho intramolecular Hbond substituents is 1. The third-order valence-electron chi connectivity index (χ3n) is 2.04. The summed E-state index contributed by atoms with van der Waals surface area (Å²) in [5.74, 6) is -0.345. The highest BCUT2D eigenvalue weighted by Crippen LogP contribution is 2.29. The van der Waals surface area contributed by atoms with Gasteiger partial charge in [-0.05, 0) is 30.3 Å². The highest BCUT2D eigenvalue weighted by Gasteiger charge is 2.04. The molecule has 3 N–H and O–H groups in total. The molecule has 4 nitrogen and oxygen atoms in total. The molecule has 0 fully saturated rings. The van der Waals surface area contributed by atoms with Gasteiger partial charge in [0.05, 0.1) is 0 Å². The van der Waals surface area contributed by atoms with Gasteiger partial charge in [0.15, 0.2) is 0 Å². The first-order valence-electron chi connectivity index (χ1n) is 4.88. The fourth-order valence-electron chi connectivity index (χ4n) is 1.29. The third kappa shape index (κ3) is 2.98. The van der Waals surface area contributed by atoms with Crippen LogP contribution in [-0.2, 0) is 0 Å². The number of pyridine rings is 1. The second-order valence-corrected chi connectivity index (χ2v) is 4.49. The zero-order chi connectivity index (χ0) is 12.3. The summed E-state index contributed by atoms with van der Waals surface area (Å²) in [5, 5.41) is 9.33. The Bertz CT molecular complexity index is 558. The topological polar surface area (TPSA) is 76.2 Å². The number of benzene rings is 1. The Morgan fingerprint density at radius 1 is 1.24 bits per heavy atom. The second-order valence-electron chi connectivity index (χ2n) is 3.34. The largest absolute Gasteiger partial charge is 0.508 e. The van der Waals surface area contributed by atoms with E-state index in [0.717, 1.165) is 9.79 Å². The fourth-order valence-corrected chi connectivity index (χ4v) is 2.19. The minimum atomic E-state index is -0.552. The molecule has 5 heteroatoms. The highest BCUT2D eigenvalue weighted by atomic mass is 32.2. The molecule has 1 amide bonds. The van der Waals surface area contributed by atoms with E-state index in [0.29, 0.717) is 0 Å². The molecule has 2 rings (SSSR count). The first kappa shape index (κ1) is 11.5. The van der Waals surface area contributed by atoms with Crippen LogP contribution in [0.5, 0.6) is 5.75 Å². The summed E-state index contributed by atoms with van der Waals surface area (Å²) in [5.41, 5.74) is 5.38. The van der Waals surface area contributed by atoms with Crippen molar-refractivity contribution in [1.82, 2.24) is 4.98 Å². The lowest BCUT2D eigenvalue weighted by atomic mass is 10.3. The summed E-state index contributed by atoms with van der Waals surface area (Å²) in [6.45, 7) is 0. The van der Waals surface area contributed by atoms with Gasteiger partial charge in [-0.15, -0.1) is 0 Å². The van der Waals surface area contributed by atoms with Crippen molar-refractivity contribution >= 4 is 17.7 Å². The van der Waals surface area contributed by atoms with E-state index in [4.69, 9.17) is 5.73 Å². The maximum atomic E-state index is 11.0. The molecule has 0 saturated carbocycles. The Kier molecular flexibility index (Phi) is 3.30. The summed E-state index contributed by atoms with van der Waals surface area (Å²) in [4.78, 5) is 16.6. The van der Waals surface area contributed by atoms with Crippen molar-refractivity contribution in [2.24, 2.45) is 5.73 Å². The van der Waals surface area contributed by atoms with Crippen molar-refractivity contribution in [2.45, 2.75) is 9.79 Å². The Labute approximate surface area is 102 Å². The van der Waals surface area contributed by atoms with Gasteiger partial charge in [-0.1, -0.05) is 17.8 Å². The standard InChI is InChI=1S/C12H10N2O2S/c13-12(16)11-7-10(4-5-14-11)17-9-3-1-2-8(15)6-9/h1-7,15H,(H2,13,16). The Hall–Kier alpha value is -2.01. The van der Waals surface area contributed by atoms with Crippen molar-refractivity contribution in [3.63, 3.8) is 0 Å². The average Bonchev–Trinajstić information content (AvgIpc) is 2.29. The van der Waals surface area contributed by atoms with Gasteiger partial charge in [0.25, 0.3) is 5.91 Å². The molecule has 1 aromatic carbocycles. The van der Waals surface area contributed by atoms with Crippen molar-refractivity contribution in [1.29, 1.82) is 0 Å². The molecular formula is C12H10N2O2S. The number of primary amides is 1. The monoisotopic (exact) mass is 246 g/mol. The van der Waals surface area contributed by atoms with E-state index in [9.17, 15) is 9.90 Å².